The highest BCUT2D eigenvalue weighted by molar-refractivity contribution is 7.14. The molecule has 5 nitrogen and oxygen atoms in total. The van der Waals surface area contributed by atoms with Gasteiger partial charge in [-0.1, -0.05) is 30.3 Å². The molecule has 0 saturated heterocycles. The summed E-state index contributed by atoms with van der Waals surface area (Å²) in [6, 6.07) is 9.91. The Hall–Kier alpha value is -2.21. The molecule has 2 aromatic rings. The van der Waals surface area contributed by atoms with E-state index in [0.717, 1.165) is 29.0 Å². The highest BCUT2D eigenvalue weighted by Crippen LogP contribution is 2.60. The number of hydrogen-bond acceptors (Lipinski definition) is 4. The molecule has 1 aromatic carbocycles. The number of thiazole rings is 1. The zero-order chi connectivity index (χ0) is 19.8. The van der Waals surface area contributed by atoms with Crippen LogP contribution >= 0.6 is 11.3 Å². The fourth-order valence-electron chi connectivity index (χ4n) is 6.20. The van der Waals surface area contributed by atoms with Crippen LogP contribution in [0, 0.1) is 17.8 Å². The fraction of sp³-hybridized carbons (Fsp3) is 0.522. The first kappa shape index (κ1) is 18.8. The largest absolute Gasteiger partial charge is 0.347 e. The lowest BCUT2D eigenvalue weighted by atomic mass is 9.49. The molecule has 0 atom stereocenters. The predicted molar refractivity (Wildman–Crippen MR) is 114 cm³/mol. The Labute approximate surface area is 175 Å². The van der Waals surface area contributed by atoms with E-state index in [1.165, 1.54) is 49.9 Å². The van der Waals surface area contributed by atoms with Crippen LogP contribution < -0.4 is 10.6 Å². The van der Waals surface area contributed by atoms with Crippen molar-refractivity contribution in [3.63, 3.8) is 0 Å². The van der Waals surface area contributed by atoms with Crippen LogP contribution in [-0.4, -0.2) is 23.3 Å². The van der Waals surface area contributed by atoms with E-state index in [4.69, 9.17) is 4.98 Å². The van der Waals surface area contributed by atoms with Gasteiger partial charge in [-0.25, -0.2) is 4.98 Å². The quantitative estimate of drug-likeness (QED) is 0.736. The Balaban J connectivity index is 1.17. The number of rotatable bonds is 5. The Bertz CT molecular complexity index is 873. The van der Waals surface area contributed by atoms with E-state index in [1.54, 1.807) is 0 Å². The van der Waals surface area contributed by atoms with E-state index >= 15 is 0 Å². The van der Waals surface area contributed by atoms with Crippen LogP contribution in [0.1, 0.15) is 49.8 Å². The molecular formula is C23H27N3O2S. The molecule has 4 bridgehead atoms. The van der Waals surface area contributed by atoms with Crippen LogP contribution in [-0.2, 0) is 21.4 Å². The van der Waals surface area contributed by atoms with Gasteiger partial charge >= 0.3 is 11.8 Å². The Morgan fingerprint density at radius 1 is 1.00 bits per heavy atom. The third-order valence-corrected chi connectivity index (χ3v) is 7.81. The highest BCUT2D eigenvalue weighted by atomic mass is 32.1. The number of nitrogens with zero attached hydrogens (tertiary/aromatic N) is 1. The molecule has 0 aliphatic heterocycles. The summed E-state index contributed by atoms with van der Waals surface area (Å²) in [4.78, 5) is 29.1. The van der Waals surface area contributed by atoms with Crippen molar-refractivity contribution in [2.45, 2.75) is 50.4 Å². The normalized spacial score (nSPS) is 29.6. The molecule has 152 valence electrons. The first-order valence-electron chi connectivity index (χ1n) is 10.7. The lowest BCUT2D eigenvalue weighted by Gasteiger charge is -2.56. The lowest BCUT2D eigenvalue weighted by Crippen LogP contribution is -2.48. The molecule has 1 heterocycles. The van der Waals surface area contributed by atoms with E-state index in [1.807, 2.05) is 30.3 Å². The lowest BCUT2D eigenvalue weighted by molar-refractivity contribution is -0.136. The topological polar surface area (TPSA) is 71.1 Å². The fourth-order valence-corrected chi connectivity index (χ4v) is 7.03. The van der Waals surface area contributed by atoms with Gasteiger partial charge in [0.05, 0.1) is 5.69 Å². The molecule has 2 amide bonds. The Morgan fingerprint density at radius 2 is 1.66 bits per heavy atom. The minimum Gasteiger partial charge on any atom is -0.347 e. The maximum atomic E-state index is 12.3. The summed E-state index contributed by atoms with van der Waals surface area (Å²) in [5.74, 6) is 1.33. The molecule has 0 spiro atoms. The van der Waals surface area contributed by atoms with Crippen molar-refractivity contribution in [1.82, 2.24) is 10.3 Å². The average Bonchev–Trinajstić information content (AvgIpc) is 3.17. The summed E-state index contributed by atoms with van der Waals surface area (Å²) < 4.78 is 0. The first-order valence-corrected chi connectivity index (χ1v) is 11.6. The molecule has 4 aliphatic rings. The van der Waals surface area contributed by atoms with Crippen molar-refractivity contribution < 1.29 is 9.59 Å². The van der Waals surface area contributed by atoms with Gasteiger partial charge in [-0.3, -0.25) is 14.9 Å². The van der Waals surface area contributed by atoms with Crippen LogP contribution in [0.25, 0.3) is 0 Å². The van der Waals surface area contributed by atoms with Gasteiger partial charge in [0.15, 0.2) is 5.13 Å². The van der Waals surface area contributed by atoms with Gasteiger partial charge in [0.1, 0.15) is 0 Å². The summed E-state index contributed by atoms with van der Waals surface area (Å²) in [6.07, 6.45) is 8.64. The molecule has 6 rings (SSSR count). The van der Waals surface area contributed by atoms with Gasteiger partial charge in [-0.05, 0) is 68.3 Å². The van der Waals surface area contributed by atoms with E-state index in [9.17, 15) is 9.59 Å². The number of carbonyl (C=O) groups excluding carboxylic acids is 2. The minimum atomic E-state index is -0.635. The second-order valence-corrected chi connectivity index (χ2v) is 10.0. The molecule has 29 heavy (non-hydrogen) atoms. The van der Waals surface area contributed by atoms with Crippen LogP contribution in [0.5, 0.6) is 0 Å². The summed E-state index contributed by atoms with van der Waals surface area (Å²) >= 11 is 1.44. The second-order valence-electron chi connectivity index (χ2n) is 9.18. The summed E-state index contributed by atoms with van der Waals surface area (Å²) in [7, 11) is 0. The summed E-state index contributed by atoms with van der Waals surface area (Å²) in [6.45, 7) is 0.437. The Morgan fingerprint density at radius 3 is 2.31 bits per heavy atom. The highest BCUT2D eigenvalue weighted by Gasteiger charge is 2.52. The van der Waals surface area contributed by atoms with Gasteiger partial charge in [0.25, 0.3) is 0 Å². The predicted octanol–water partition coefficient (Wildman–Crippen LogP) is 3.91. The van der Waals surface area contributed by atoms with Crippen LogP contribution in [0.3, 0.4) is 0 Å². The summed E-state index contributed by atoms with van der Waals surface area (Å²) in [5, 5.41) is 8.04. The van der Waals surface area contributed by atoms with E-state index in [0.29, 0.717) is 18.1 Å². The Kier molecular flexibility index (Phi) is 4.90. The third kappa shape index (κ3) is 3.82. The van der Waals surface area contributed by atoms with Gasteiger partial charge in [0.2, 0.25) is 0 Å². The van der Waals surface area contributed by atoms with Crippen molar-refractivity contribution >= 4 is 28.3 Å². The maximum absolute atomic E-state index is 12.3. The van der Waals surface area contributed by atoms with Crippen molar-refractivity contribution in [2.75, 3.05) is 11.9 Å². The van der Waals surface area contributed by atoms with E-state index in [-0.39, 0.29) is 5.41 Å². The first-order chi connectivity index (χ1) is 14.1. The van der Waals surface area contributed by atoms with Crippen molar-refractivity contribution in [3.05, 3.63) is 47.0 Å². The van der Waals surface area contributed by atoms with Crippen molar-refractivity contribution in [1.29, 1.82) is 0 Å². The maximum Gasteiger partial charge on any atom is 0.315 e. The molecular weight excluding hydrogens is 382 g/mol. The number of carbonyl (C=O) groups is 2. The van der Waals surface area contributed by atoms with Gasteiger partial charge < -0.3 is 5.32 Å². The number of amides is 2. The van der Waals surface area contributed by atoms with Crippen LogP contribution in [0.15, 0.2) is 35.7 Å². The molecule has 4 fully saturated rings. The molecule has 4 saturated carbocycles. The van der Waals surface area contributed by atoms with Crippen molar-refractivity contribution in [3.8, 4) is 0 Å². The van der Waals surface area contributed by atoms with E-state index in [2.05, 4.69) is 16.0 Å². The van der Waals surface area contributed by atoms with Crippen molar-refractivity contribution in [2.24, 2.45) is 17.8 Å². The zero-order valence-electron chi connectivity index (χ0n) is 16.5. The number of aromatic nitrogens is 1. The number of benzene rings is 1. The third-order valence-electron chi connectivity index (χ3n) is 7.05. The monoisotopic (exact) mass is 409 g/mol. The second kappa shape index (κ2) is 7.56. The van der Waals surface area contributed by atoms with Crippen LogP contribution in [0.4, 0.5) is 5.13 Å². The molecule has 1 aromatic heterocycles. The molecule has 4 aliphatic carbocycles. The smallest absolute Gasteiger partial charge is 0.315 e. The number of anilines is 1. The molecule has 0 unspecified atom stereocenters. The molecule has 0 radical (unpaired) electrons. The average molecular weight is 410 g/mol. The zero-order valence-corrected chi connectivity index (χ0v) is 17.3. The molecule has 2 N–H and O–H groups in total. The number of nitrogens with one attached hydrogen (secondary N) is 2. The van der Waals surface area contributed by atoms with Gasteiger partial charge in [-0.2, -0.15) is 0 Å². The summed E-state index contributed by atoms with van der Waals surface area (Å²) in [5.41, 5.74) is 2.49. The molecule has 6 heteroatoms. The minimum absolute atomic E-state index is 0.214. The van der Waals surface area contributed by atoms with Crippen LogP contribution in [0.2, 0.25) is 0 Å². The number of hydrogen-bond donors (Lipinski definition) is 2. The van der Waals surface area contributed by atoms with Gasteiger partial charge in [0, 0.05) is 17.3 Å². The van der Waals surface area contributed by atoms with Gasteiger partial charge in [-0.15, -0.1) is 11.3 Å². The standard InChI is InChI=1S/C23H27N3O2S/c27-20(24-7-6-15-4-2-1-3-5-15)21(28)26-22-25-19(14-29-22)23-11-16-8-17(12-23)10-18(9-16)13-23/h1-5,14,16-18H,6-13H2,(H,24,27)(H,25,26,28). The SMILES string of the molecule is O=C(NCCc1ccccc1)C(=O)Nc1nc(C23CC4CC(CC(C4)C2)C3)cs1. The van der Waals surface area contributed by atoms with E-state index < -0.39 is 11.8 Å².